The zero-order valence-corrected chi connectivity index (χ0v) is 17.1. The highest BCUT2D eigenvalue weighted by Crippen LogP contribution is 2.41. The first-order valence-electron chi connectivity index (χ1n) is 9.96. The number of primary amides is 1. The summed E-state index contributed by atoms with van der Waals surface area (Å²) in [6, 6.07) is 18.7. The molecule has 8 heteroatoms. The molecule has 3 rings (SSSR count). The highest BCUT2D eigenvalue weighted by molar-refractivity contribution is 5.90. The monoisotopic (exact) mass is 436 g/mol. The summed E-state index contributed by atoms with van der Waals surface area (Å²) in [4.78, 5) is 35.9. The zero-order chi connectivity index (χ0) is 23.3. The van der Waals surface area contributed by atoms with Crippen molar-refractivity contribution in [3.63, 3.8) is 0 Å². The lowest BCUT2D eigenvalue weighted by atomic mass is 9.65. The van der Waals surface area contributed by atoms with E-state index in [1.165, 1.54) is 0 Å². The molecule has 0 saturated carbocycles. The van der Waals surface area contributed by atoms with Gasteiger partial charge >= 0.3 is 18.0 Å². The van der Waals surface area contributed by atoms with E-state index in [0.717, 1.165) is 5.39 Å². The number of carboxylic acid groups (broad SMARTS) is 2. The maximum atomic E-state index is 12.4. The summed E-state index contributed by atoms with van der Waals surface area (Å²) in [7, 11) is 0. The Morgan fingerprint density at radius 3 is 2.12 bits per heavy atom. The van der Waals surface area contributed by atoms with Gasteiger partial charge in [0, 0.05) is 5.41 Å². The van der Waals surface area contributed by atoms with Gasteiger partial charge in [-0.1, -0.05) is 72.8 Å². The fraction of sp³-hybridized carbons (Fsp3) is 0.208. The summed E-state index contributed by atoms with van der Waals surface area (Å²) in [5.74, 6) is -2.89. The number of aliphatic hydroxyl groups is 1. The summed E-state index contributed by atoms with van der Waals surface area (Å²) in [6.07, 6.45) is -2.32. The SMILES string of the molecule is NC(=O)NC(C(=O)O)C(Cc1ccccc1)(CC(O)C(=O)O)c1cccc2ccccc12. The molecule has 0 aromatic heterocycles. The molecule has 0 saturated heterocycles. The van der Waals surface area contributed by atoms with Crippen molar-refractivity contribution < 1.29 is 29.7 Å². The smallest absolute Gasteiger partial charge is 0.332 e. The fourth-order valence-corrected chi connectivity index (χ4v) is 4.28. The van der Waals surface area contributed by atoms with E-state index in [1.54, 1.807) is 54.6 Å². The van der Waals surface area contributed by atoms with E-state index < -0.39 is 42.0 Å². The number of nitrogens with two attached hydrogens (primary N) is 1. The van der Waals surface area contributed by atoms with Crippen LogP contribution < -0.4 is 11.1 Å². The van der Waals surface area contributed by atoms with Gasteiger partial charge in [0.25, 0.3) is 0 Å². The first-order chi connectivity index (χ1) is 15.2. The largest absolute Gasteiger partial charge is 0.480 e. The van der Waals surface area contributed by atoms with Crippen molar-refractivity contribution in [3.05, 3.63) is 83.9 Å². The number of benzene rings is 3. The third-order valence-corrected chi connectivity index (χ3v) is 5.62. The number of carbonyl (C=O) groups excluding carboxylic acids is 1. The number of fused-ring (bicyclic) bond motifs is 1. The molecular formula is C24H24N2O6. The molecule has 166 valence electrons. The maximum absolute atomic E-state index is 12.4. The van der Waals surface area contributed by atoms with Crippen molar-refractivity contribution >= 4 is 28.7 Å². The molecule has 3 aromatic rings. The zero-order valence-electron chi connectivity index (χ0n) is 17.1. The molecule has 0 aliphatic rings. The summed E-state index contributed by atoms with van der Waals surface area (Å²) in [5, 5.41) is 33.8. The first-order valence-corrected chi connectivity index (χ1v) is 9.96. The standard InChI is InChI=1S/C24H24N2O6/c25-23(32)26-20(22(30)31)24(14-19(27)21(28)29,13-15-7-2-1-3-8-15)18-12-6-10-16-9-4-5-11-17(16)18/h1-12,19-20,27H,13-14H2,(H,28,29)(H,30,31)(H3,25,26,32). The normalized spacial score (nSPS) is 14.8. The molecule has 3 atom stereocenters. The van der Waals surface area contributed by atoms with E-state index in [0.29, 0.717) is 16.5 Å². The third-order valence-electron chi connectivity index (χ3n) is 5.62. The van der Waals surface area contributed by atoms with E-state index >= 15 is 0 Å². The number of rotatable bonds is 9. The number of urea groups is 1. The molecule has 3 unspecified atom stereocenters. The van der Waals surface area contributed by atoms with Gasteiger partial charge in [-0.25, -0.2) is 14.4 Å². The molecule has 32 heavy (non-hydrogen) atoms. The predicted molar refractivity (Wildman–Crippen MR) is 118 cm³/mol. The molecule has 2 amide bonds. The minimum atomic E-state index is -1.88. The lowest BCUT2D eigenvalue weighted by molar-refractivity contribution is -0.150. The van der Waals surface area contributed by atoms with Gasteiger partial charge in [-0.2, -0.15) is 0 Å². The Balaban J connectivity index is 2.36. The molecule has 3 aromatic carbocycles. The van der Waals surface area contributed by atoms with Gasteiger partial charge in [-0.3, -0.25) is 0 Å². The van der Waals surface area contributed by atoms with Crippen molar-refractivity contribution in [1.82, 2.24) is 5.32 Å². The molecule has 0 fully saturated rings. The summed E-state index contributed by atoms with van der Waals surface area (Å²) in [6.45, 7) is 0. The van der Waals surface area contributed by atoms with Crippen LogP contribution in [0.4, 0.5) is 4.79 Å². The van der Waals surface area contributed by atoms with E-state index in [-0.39, 0.29) is 6.42 Å². The Morgan fingerprint density at radius 2 is 1.50 bits per heavy atom. The topological polar surface area (TPSA) is 150 Å². The van der Waals surface area contributed by atoms with Crippen LogP contribution in [-0.2, 0) is 21.4 Å². The second kappa shape index (κ2) is 9.49. The lowest BCUT2D eigenvalue weighted by Crippen LogP contribution is -2.59. The Kier molecular flexibility index (Phi) is 6.75. The van der Waals surface area contributed by atoms with Crippen LogP contribution in [0, 0.1) is 0 Å². The average molecular weight is 436 g/mol. The van der Waals surface area contributed by atoms with Crippen LogP contribution in [0.15, 0.2) is 72.8 Å². The predicted octanol–water partition coefficient (Wildman–Crippen LogP) is 2.28. The van der Waals surface area contributed by atoms with Crippen LogP contribution in [0.1, 0.15) is 17.5 Å². The molecule has 0 bridgehead atoms. The average Bonchev–Trinajstić information content (AvgIpc) is 2.77. The summed E-state index contributed by atoms with van der Waals surface area (Å²) in [5.41, 5.74) is 4.96. The van der Waals surface area contributed by atoms with Crippen molar-refractivity contribution in [2.75, 3.05) is 0 Å². The quantitative estimate of drug-likeness (QED) is 0.347. The van der Waals surface area contributed by atoms with E-state index in [1.807, 2.05) is 18.2 Å². The van der Waals surface area contributed by atoms with Gasteiger partial charge in [-0.05, 0) is 34.7 Å². The van der Waals surface area contributed by atoms with E-state index in [2.05, 4.69) is 5.32 Å². The number of aliphatic hydroxyl groups excluding tert-OH is 1. The number of carbonyl (C=O) groups is 3. The van der Waals surface area contributed by atoms with Gasteiger partial charge in [0.2, 0.25) is 0 Å². The number of nitrogens with one attached hydrogen (secondary N) is 1. The maximum Gasteiger partial charge on any atom is 0.332 e. The van der Waals surface area contributed by atoms with Gasteiger partial charge < -0.3 is 26.4 Å². The van der Waals surface area contributed by atoms with Crippen molar-refractivity contribution in [1.29, 1.82) is 0 Å². The molecule has 0 heterocycles. The second-order valence-electron chi connectivity index (χ2n) is 7.68. The molecule has 6 N–H and O–H groups in total. The van der Waals surface area contributed by atoms with Gasteiger partial charge in [0.15, 0.2) is 6.10 Å². The van der Waals surface area contributed by atoms with E-state index in [9.17, 15) is 29.7 Å². The van der Waals surface area contributed by atoms with Crippen molar-refractivity contribution in [2.45, 2.75) is 30.4 Å². The van der Waals surface area contributed by atoms with Crippen molar-refractivity contribution in [3.8, 4) is 0 Å². The van der Waals surface area contributed by atoms with Crippen LogP contribution in [0.3, 0.4) is 0 Å². The van der Waals surface area contributed by atoms with Crippen LogP contribution in [-0.4, -0.2) is 45.4 Å². The number of hydrogen-bond donors (Lipinski definition) is 5. The van der Waals surface area contributed by atoms with Crippen LogP contribution in [0.2, 0.25) is 0 Å². The Bertz CT molecular complexity index is 1130. The molecule has 0 spiro atoms. The van der Waals surface area contributed by atoms with Crippen molar-refractivity contribution in [2.24, 2.45) is 5.73 Å². The highest BCUT2D eigenvalue weighted by atomic mass is 16.4. The molecular weight excluding hydrogens is 412 g/mol. The van der Waals surface area contributed by atoms with Crippen LogP contribution in [0.25, 0.3) is 10.8 Å². The van der Waals surface area contributed by atoms with Crippen LogP contribution in [0.5, 0.6) is 0 Å². The molecule has 8 nitrogen and oxygen atoms in total. The minimum Gasteiger partial charge on any atom is -0.480 e. The van der Waals surface area contributed by atoms with Gasteiger partial charge in [-0.15, -0.1) is 0 Å². The number of carboxylic acids is 2. The Hall–Kier alpha value is -3.91. The molecule has 0 aliphatic heterocycles. The summed E-state index contributed by atoms with van der Waals surface area (Å²) >= 11 is 0. The summed E-state index contributed by atoms with van der Waals surface area (Å²) < 4.78 is 0. The number of hydrogen-bond acceptors (Lipinski definition) is 4. The lowest BCUT2D eigenvalue weighted by Gasteiger charge is -2.41. The highest BCUT2D eigenvalue weighted by Gasteiger charge is 2.48. The number of amides is 2. The minimum absolute atomic E-state index is 0.0312. The Morgan fingerprint density at radius 1 is 0.875 bits per heavy atom. The first kappa shape index (κ1) is 22.8. The second-order valence-corrected chi connectivity index (χ2v) is 7.68. The van der Waals surface area contributed by atoms with Gasteiger partial charge in [0.05, 0.1) is 0 Å². The van der Waals surface area contributed by atoms with Gasteiger partial charge in [0.1, 0.15) is 6.04 Å². The van der Waals surface area contributed by atoms with Crippen LogP contribution >= 0.6 is 0 Å². The fourth-order valence-electron chi connectivity index (χ4n) is 4.28. The third kappa shape index (κ3) is 4.70. The Labute approximate surface area is 184 Å². The number of aliphatic carboxylic acids is 2. The molecule has 0 aliphatic carbocycles. The van der Waals surface area contributed by atoms with E-state index in [4.69, 9.17) is 5.73 Å². The molecule has 0 radical (unpaired) electrons.